The van der Waals surface area contributed by atoms with E-state index in [1.807, 2.05) is 12.1 Å². The number of aryl methyl sites for hydroxylation is 1. The fourth-order valence-electron chi connectivity index (χ4n) is 1.75. The van der Waals surface area contributed by atoms with Gasteiger partial charge in [-0.3, -0.25) is 14.6 Å². The first-order valence-electron chi connectivity index (χ1n) is 6.45. The molecule has 2 rings (SSSR count). The number of carbonyl (C=O) groups excluding carboxylic acids is 1. The van der Waals surface area contributed by atoms with Crippen LogP contribution in [0.15, 0.2) is 24.5 Å². The number of nitrogens with one attached hydrogen (secondary N) is 1. The van der Waals surface area contributed by atoms with Gasteiger partial charge in [0.2, 0.25) is 0 Å². The normalized spacial score (nSPS) is 10.3. The van der Waals surface area contributed by atoms with Crippen LogP contribution >= 0.6 is 11.3 Å². The minimum Gasteiger partial charge on any atom is -0.481 e. The molecule has 2 heterocycles. The van der Waals surface area contributed by atoms with E-state index >= 15 is 0 Å². The predicted octanol–water partition coefficient (Wildman–Crippen LogP) is 2.11. The van der Waals surface area contributed by atoms with Gasteiger partial charge in [-0.25, -0.2) is 4.98 Å². The number of rotatable bonds is 6. The molecule has 0 fully saturated rings. The largest absolute Gasteiger partial charge is 0.481 e. The number of aromatic nitrogens is 2. The Balaban J connectivity index is 2.02. The lowest BCUT2D eigenvalue weighted by Gasteiger charge is -2.02. The van der Waals surface area contributed by atoms with E-state index in [0.717, 1.165) is 10.6 Å². The third-order valence-corrected chi connectivity index (χ3v) is 3.99. The van der Waals surface area contributed by atoms with Crippen molar-refractivity contribution in [2.75, 3.05) is 6.54 Å². The molecule has 0 bridgehead atoms. The van der Waals surface area contributed by atoms with Crippen molar-refractivity contribution in [1.82, 2.24) is 15.3 Å². The van der Waals surface area contributed by atoms with E-state index in [2.05, 4.69) is 15.3 Å². The molecule has 2 aromatic rings. The molecule has 21 heavy (non-hydrogen) atoms. The van der Waals surface area contributed by atoms with Crippen LogP contribution in [0.25, 0.3) is 10.6 Å². The maximum Gasteiger partial charge on any atom is 0.303 e. The summed E-state index contributed by atoms with van der Waals surface area (Å²) in [6.07, 6.45) is 3.82. The van der Waals surface area contributed by atoms with Crippen LogP contribution in [0.2, 0.25) is 0 Å². The highest BCUT2D eigenvalue weighted by Gasteiger charge is 2.15. The third-order valence-electron chi connectivity index (χ3n) is 2.78. The SMILES string of the molecule is Cc1nc(-c2ccncc2)sc1C(=O)NCCCC(=O)O. The third kappa shape index (κ3) is 4.09. The highest BCUT2D eigenvalue weighted by atomic mass is 32.1. The second-order valence-corrected chi connectivity index (χ2v) is 5.42. The predicted molar refractivity (Wildman–Crippen MR) is 79.3 cm³/mol. The lowest BCUT2D eigenvalue weighted by atomic mass is 10.3. The average Bonchev–Trinajstić information content (AvgIpc) is 2.86. The Morgan fingerprint density at radius 3 is 2.71 bits per heavy atom. The first-order valence-corrected chi connectivity index (χ1v) is 7.27. The molecule has 7 heteroatoms. The minimum atomic E-state index is -0.863. The van der Waals surface area contributed by atoms with E-state index in [1.165, 1.54) is 11.3 Å². The van der Waals surface area contributed by atoms with Gasteiger partial charge in [-0.1, -0.05) is 0 Å². The lowest BCUT2D eigenvalue weighted by molar-refractivity contribution is -0.137. The maximum atomic E-state index is 12.1. The Labute approximate surface area is 125 Å². The quantitative estimate of drug-likeness (QED) is 0.797. The molecule has 0 spiro atoms. The summed E-state index contributed by atoms with van der Waals surface area (Å²) in [5, 5.41) is 12.0. The summed E-state index contributed by atoms with van der Waals surface area (Å²) in [5.74, 6) is -1.08. The molecule has 0 unspecified atom stereocenters. The summed E-state index contributed by atoms with van der Waals surface area (Å²) in [4.78, 5) is 31.4. The number of amides is 1. The zero-order valence-electron chi connectivity index (χ0n) is 11.5. The van der Waals surface area contributed by atoms with Gasteiger partial charge in [0.15, 0.2) is 0 Å². The molecule has 2 aromatic heterocycles. The minimum absolute atomic E-state index is 0.0459. The summed E-state index contributed by atoms with van der Waals surface area (Å²) < 4.78 is 0. The molecular formula is C14H15N3O3S. The van der Waals surface area contributed by atoms with Gasteiger partial charge in [0.1, 0.15) is 9.88 Å². The van der Waals surface area contributed by atoms with Gasteiger partial charge in [0, 0.05) is 30.9 Å². The number of aliphatic carboxylic acids is 1. The molecule has 0 saturated heterocycles. The molecule has 6 nitrogen and oxygen atoms in total. The topological polar surface area (TPSA) is 92.2 Å². The zero-order chi connectivity index (χ0) is 15.2. The number of nitrogens with zero attached hydrogens (tertiary/aromatic N) is 2. The molecule has 0 aliphatic rings. The van der Waals surface area contributed by atoms with E-state index in [4.69, 9.17) is 5.11 Å². The van der Waals surface area contributed by atoms with Gasteiger partial charge < -0.3 is 10.4 Å². The molecule has 1 amide bonds. The van der Waals surface area contributed by atoms with Crippen LogP contribution < -0.4 is 5.32 Å². The van der Waals surface area contributed by atoms with Crippen molar-refractivity contribution in [3.05, 3.63) is 35.1 Å². The van der Waals surface area contributed by atoms with Crippen molar-refractivity contribution in [2.24, 2.45) is 0 Å². The Bertz CT molecular complexity index is 640. The standard InChI is InChI=1S/C14H15N3O3S/c1-9-12(13(20)16-6-2-3-11(18)19)21-14(17-9)10-4-7-15-8-5-10/h4-5,7-8H,2-3,6H2,1H3,(H,16,20)(H,18,19). The molecule has 0 saturated carbocycles. The summed E-state index contributed by atoms with van der Waals surface area (Å²) >= 11 is 1.32. The van der Waals surface area contributed by atoms with Crippen LogP contribution in [0.1, 0.15) is 28.2 Å². The first-order chi connectivity index (χ1) is 10.1. The number of carboxylic acid groups (broad SMARTS) is 1. The monoisotopic (exact) mass is 305 g/mol. The molecule has 0 radical (unpaired) electrons. The maximum absolute atomic E-state index is 12.1. The molecular weight excluding hydrogens is 290 g/mol. The number of pyridine rings is 1. The second kappa shape index (κ2) is 6.94. The van der Waals surface area contributed by atoms with Gasteiger partial charge >= 0.3 is 5.97 Å². The van der Waals surface area contributed by atoms with Crippen molar-refractivity contribution < 1.29 is 14.7 Å². The zero-order valence-corrected chi connectivity index (χ0v) is 12.3. The molecule has 0 atom stereocenters. The Kier molecular flexibility index (Phi) is 4.99. The van der Waals surface area contributed by atoms with Crippen LogP contribution in [0.4, 0.5) is 0 Å². The van der Waals surface area contributed by atoms with Crippen molar-refractivity contribution in [3.8, 4) is 10.6 Å². The van der Waals surface area contributed by atoms with E-state index < -0.39 is 5.97 Å². The van der Waals surface area contributed by atoms with Gasteiger partial charge in [-0.05, 0) is 25.5 Å². The smallest absolute Gasteiger partial charge is 0.303 e. The first kappa shape index (κ1) is 15.1. The van der Waals surface area contributed by atoms with E-state index in [9.17, 15) is 9.59 Å². The second-order valence-electron chi connectivity index (χ2n) is 4.42. The molecule has 0 aromatic carbocycles. The lowest BCUT2D eigenvalue weighted by Crippen LogP contribution is -2.24. The fourth-order valence-corrected chi connectivity index (χ4v) is 2.73. The number of hydrogen-bond acceptors (Lipinski definition) is 5. The van der Waals surface area contributed by atoms with Crippen molar-refractivity contribution >= 4 is 23.2 Å². The Hall–Kier alpha value is -2.28. The Morgan fingerprint density at radius 1 is 1.33 bits per heavy atom. The average molecular weight is 305 g/mol. The number of carboxylic acids is 1. The van der Waals surface area contributed by atoms with Gasteiger partial charge in [0.25, 0.3) is 5.91 Å². The van der Waals surface area contributed by atoms with Crippen LogP contribution in [0.5, 0.6) is 0 Å². The molecule has 110 valence electrons. The summed E-state index contributed by atoms with van der Waals surface area (Å²) in [6.45, 7) is 2.13. The summed E-state index contributed by atoms with van der Waals surface area (Å²) in [7, 11) is 0. The Morgan fingerprint density at radius 2 is 2.05 bits per heavy atom. The summed E-state index contributed by atoms with van der Waals surface area (Å²) in [5.41, 5.74) is 1.59. The van der Waals surface area contributed by atoms with Crippen molar-refractivity contribution in [2.45, 2.75) is 19.8 Å². The van der Waals surface area contributed by atoms with Crippen LogP contribution in [-0.2, 0) is 4.79 Å². The highest BCUT2D eigenvalue weighted by molar-refractivity contribution is 7.17. The number of hydrogen-bond donors (Lipinski definition) is 2. The molecule has 0 aliphatic heterocycles. The fraction of sp³-hybridized carbons (Fsp3) is 0.286. The highest BCUT2D eigenvalue weighted by Crippen LogP contribution is 2.27. The summed E-state index contributed by atoms with van der Waals surface area (Å²) in [6, 6.07) is 3.68. The van der Waals surface area contributed by atoms with Crippen LogP contribution in [-0.4, -0.2) is 33.5 Å². The van der Waals surface area contributed by atoms with Gasteiger partial charge in [-0.15, -0.1) is 11.3 Å². The van der Waals surface area contributed by atoms with Crippen LogP contribution in [0, 0.1) is 6.92 Å². The van der Waals surface area contributed by atoms with Crippen LogP contribution in [0.3, 0.4) is 0 Å². The van der Waals surface area contributed by atoms with E-state index in [0.29, 0.717) is 23.5 Å². The number of carbonyl (C=O) groups is 2. The van der Waals surface area contributed by atoms with Gasteiger partial charge in [0.05, 0.1) is 5.69 Å². The number of thiazole rings is 1. The van der Waals surface area contributed by atoms with Gasteiger partial charge in [-0.2, -0.15) is 0 Å². The van der Waals surface area contributed by atoms with Crippen molar-refractivity contribution in [1.29, 1.82) is 0 Å². The van der Waals surface area contributed by atoms with Crippen molar-refractivity contribution in [3.63, 3.8) is 0 Å². The molecule has 0 aliphatic carbocycles. The van der Waals surface area contributed by atoms with E-state index in [1.54, 1.807) is 19.3 Å². The molecule has 2 N–H and O–H groups in total. The van der Waals surface area contributed by atoms with E-state index in [-0.39, 0.29) is 12.3 Å².